The highest BCUT2D eigenvalue weighted by Crippen LogP contribution is 2.38. The highest BCUT2D eigenvalue weighted by molar-refractivity contribution is 5.94. The first-order valence-electron chi connectivity index (χ1n) is 9.02. The molecule has 0 radical (unpaired) electrons. The van der Waals surface area contributed by atoms with Crippen LogP contribution in [0.3, 0.4) is 0 Å². The lowest BCUT2D eigenvalue weighted by Crippen LogP contribution is -2.20. The second-order valence-corrected chi connectivity index (χ2v) is 7.32. The van der Waals surface area contributed by atoms with Crippen LogP contribution in [-0.4, -0.2) is 12.5 Å². The smallest absolute Gasteiger partial charge is 0.228 e. The quantitative estimate of drug-likeness (QED) is 0.747. The Bertz CT molecular complexity index is 901. The van der Waals surface area contributed by atoms with Crippen LogP contribution in [0.15, 0.2) is 36.4 Å². The molecule has 1 heterocycles. The Labute approximate surface area is 158 Å². The van der Waals surface area contributed by atoms with Crippen molar-refractivity contribution in [1.29, 1.82) is 0 Å². The van der Waals surface area contributed by atoms with Gasteiger partial charge in [0.05, 0.1) is 0 Å². The van der Waals surface area contributed by atoms with E-state index in [-0.39, 0.29) is 5.91 Å². The largest absolute Gasteiger partial charge is 0.367 e. The molecule has 0 unspecified atom stereocenters. The van der Waals surface area contributed by atoms with Crippen LogP contribution < -0.4 is 10.2 Å². The Balaban J connectivity index is 1.87. The van der Waals surface area contributed by atoms with E-state index in [2.05, 4.69) is 16.8 Å². The molecule has 5 heteroatoms. The lowest BCUT2D eigenvalue weighted by atomic mass is 9.99. The maximum absolute atomic E-state index is 13.5. The van der Waals surface area contributed by atoms with Gasteiger partial charge in [0.1, 0.15) is 11.6 Å². The fourth-order valence-corrected chi connectivity index (χ4v) is 3.70. The predicted molar refractivity (Wildman–Crippen MR) is 105 cm³/mol. The van der Waals surface area contributed by atoms with E-state index in [0.29, 0.717) is 18.5 Å². The third kappa shape index (κ3) is 4.18. The van der Waals surface area contributed by atoms with E-state index >= 15 is 0 Å². The summed E-state index contributed by atoms with van der Waals surface area (Å²) in [5.41, 5.74) is 6.52. The van der Waals surface area contributed by atoms with Gasteiger partial charge < -0.3 is 10.2 Å². The van der Waals surface area contributed by atoms with Crippen LogP contribution in [0.5, 0.6) is 0 Å². The number of amides is 1. The zero-order chi connectivity index (χ0) is 19.7. The highest BCUT2D eigenvalue weighted by Gasteiger charge is 2.24. The molecule has 0 bridgehead atoms. The molecule has 1 aliphatic heterocycles. The summed E-state index contributed by atoms with van der Waals surface area (Å²) in [6, 6.07) is 5.66. The van der Waals surface area contributed by atoms with E-state index in [9.17, 15) is 13.6 Å². The number of aryl methyl sites for hydroxylation is 1. The number of hydrogen-bond acceptors (Lipinski definition) is 2. The monoisotopic (exact) mass is 370 g/mol. The summed E-state index contributed by atoms with van der Waals surface area (Å²) < 4.78 is 27.0. The molecular weight excluding hydrogens is 346 g/mol. The molecule has 1 amide bonds. The lowest BCUT2D eigenvalue weighted by molar-refractivity contribution is -0.115. The first kappa shape index (κ1) is 19.1. The van der Waals surface area contributed by atoms with Crippen LogP contribution >= 0.6 is 0 Å². The molecular formula is C22H24F2N2O. The molecule has 1 N–H and O–H groups in total. The minimum absolute atomic E-state index is 0.0706. The molecule has 2 aromatic carbocycles. The summed E-state index contributed by atoms with van der Waals surface area (Å²) >= 11 is 0. The Morgan fingerprint density at radius 1 is 1.19 bits per heavy atom. The first-order chi connectivity index (χ1) is 12.7. The van der Waals surface area contributed by atoms with Gasteiger partial charge in [0.25, 0.3) is 0 Å². The maximum atomic E-state index is 13.5. The molecule has 1 aliphatic rings. The predicted octanol–water partition coefficient (Wildman–Crippen LogP) is 5.05. The summed E-state index contributed by atoms with van der Waals surface area (Å²) in [5.74, 6) is -1.20. The Kier molecular flexibility index (Phi) is 5.31. The molecule has 142 valence electrons. The average Bonchev–Trinajstić information content (AvgIpc) is 2.92. The van der Waals surface area contributed by atoms with Crippen molar-refractivity contribution in [1.82, 2.24) is 0 Å². The summed E-state index contributed by atoms with van der Waals surface area (Å²) in [7, 11) is 0. The van der Waals surface area contributed by atoms with Gasteiger partial charge in [0.2, 0.25) is 5.91 Å². The van der Waals surface area contributed by atoms with Crippen LogP contribution in [0.4, 0.5) is 20.2 Å². The molecule has 0 aromatic heterocycles. The van der Waals surface area contributed by atoms with Crippen molar-refractivity contribution in [3.63, 3.8) is 0 Å². The van der Waals surface area contributed by atoms with Gasteiger partial charge in [-0.3, -0.25) is 4.79 Å². The van der Waals surface area contributed by atoms with Gasteiger partial charge in [0, 0.05) is 37.0 Å². The van der Waals surface area contributed by atoms with Gasteiger partial charge in [-0.1, -0.05) is 12.2 Å². The third-order valence-electron chi connectivity index (χ3n) is 4.88. The van der Waals surface area contributed by atoms with Crippen LogP contribution in [0, 0.1) is 25.5 Å². The standard InChI is InChI=1S/C22H24F2N2O/c1-13(2)7-21(27)25-22-14(3)8-20-19(15(22)4)5-6-26(20)12-16-9-17(23)11-18(24)10-16/h8-11H,1,5-7,12H2,2-4H3,(H,25,27). The van der Waals surface area contributed by atoms with E-state index in [1.54, 1.807) is 0 Å². The Hall–Kier alpha value is -2.69. The van der Waals surface area contributed by atoms with E-state index < -0.39 is 11.6 Å². The zero-order valence-electron chi connectivity index (χ0n) is 16.0. The van der Waals surface area contributed by atoms with E-state index in [1.165, 1.54) is 17.7 Å². The minimum atomic E-state index is -0.563. The van der Waals surface area contributed by atoms with E-state index in [1.807, 2.05) is 26.8 Å². The molecule has 0 saturated heterocycles. The summed E-state index contributed by atoms with van der Waals surface area (Å²) in [4.78, 5) is 14.3. The molecule has 0 saturated carbocycles. The van der Waals surface area contributed by atoms with Crippen molar-refractivity contribution < 1.29 is 13.6 Å². The maximum Gasteiger partial charge on any atom is 0.228 e. The fourth-order valence-electron chi connectivity index (χ4n) is 3.70. The van der Waals surface area contributed by atoms with Gasteiger partial charge in [-0.2, -0.15) is 0 Å². The van der Waals surface area contributed by atoms with Crippen molar-refractivity contribution >= 4 is 17.3 Å². The highest BCUT2D eigenvalue weighted by atomic mass is 19.1. The molecule has 0 atom stereocenters. The molecule has 0 spiro atoms. The number of carbonyl (C=O) groups is 1. The SMILES string of the molecule is C=C(C)CC(=O)Nc1c(C)cc2c(c1C)CCN2Cc1cc(F)cc(F)c1. The van der Waals surface area contributed by atoms with Crippen LogP contribution in [0.25, 0.3) is 0 Å². The minimum Gasteiger partial charge on any atom is -0.367 e. The number of fused-ring (bicyclic) bond motifs is 1. The normalized spacial score (nSPS) is 12.9. The molecule has 2 aromatic rings. The second kappa shape index (κ2) is 7.51. The summed E-state index contributed by atoms with van der Waals surface area (Å²) in [6.45, 7) is 10.8. The number of nitrogens with zero attached hydrogens (tertiary/aromatic N) is 1. The van der Waals surface area contributed by atoms with Crippen molar-refractivity contribution in [2.24, 2.45) is 0 Å². The van der Waals surface area contributed by atoms with E-state index in [4.69, 9.17) is 0 Å². The van der Waals surface area contributed by atoms with Gasteiger partial charge in [-0.25, -0.2) is 8.78 Å². The van der Waals surface area contributed by atoms with Gasteiger partial charge in [-0.15, -0.1) is 0 Å². The van der Waals surface area contributed by atoms with Crippen molar-refractivity contribution in [3.8, 4) is 0 Å². The summed E-state index contributed by atoms with van der Waals surface area (Å²) in [6.07, 6.45) is 1.13. The summed E-state index contributed by atoms with van der Waals surface area (Å²) in [5, 5.41) is 3.00. The van der Waals surface area contributed by atoms with Crippen molar-refractivity contribution in [2.75, 3.05) is 16.8 Å². The Morgan fingerprint density at radius 3 is 2.48 bits per heavy atom. The molecule has 27 heavy (non-hydrogen) atoms. The van der Waals surface area contributed by atoms with Gasteiger partial charge >= 0.3 is 0 Å². The number of rotatable bonds is 5. The van der Waals surface area contributed by atoms with Crippen LogP contribution in [0.1, 0.15) is 35.6 Å². The third-order valence-corrected chi connectivity index (χ3v) is 4.88. The number of carbonyl (C=O) groups excluding carboxylic acids is 1. The van der Waals surface area contributed by atoms with Crippen molar-refractivity contribution in [2.45, 2.75) is 40.2 Å². The number of anilines is 2. The first-order valence-corrected chi connectivity index (χ1v) is 9.02. The molecule has 3 rings (SSSR count). The van der Waals surface area contributed by atoms with Crippen molar-refractivity contribution in [3.05, 3.63) is 70.3 Å². The average molecular weight is 370 g/mol. The number of nitrogens with one attached hydrogen (secondary N) is 1. The number of hydrogen-bond donors (Lipinski definition) is 1. The number of halogens is 2. The van der Waals surface area contributed by atoms with E-state index in [0.717, 1.165) is 47.1 Å². The number of benzene rings is 2. The zero-order valence-corrected chi connectivity index (χ0v) is 16.0. The van der Waals surface area contributed by atoms with Gasteiger partial charge in [0.15, 0.2) is 0 Å². The lowest BCUT2D eigenvalue weighted by Gasteiger charge is -2.22. The molecule has 3 nitrogen and oxygen atoms in total. The van der Waals surface area contributed by atoms with Gasteiger partial charge in [-0.05, 0) is 67.6 Å². The van der Waals surface area contributed by atoms with Crippen LogP contribution in [0.2, 0.25) is 0 Å². The molecule has 0 fully saturated rings. The second-order valence-electron chi connectivity index (χ2n) is 7.32. The molecule has 0 aliphatic carbocycles. The fraction of sp³-hybridized carbons (Fsp3) is 0.318. The topological polar surface area (TPSA) is 32.3 Å². The van der Waals surface area contributed by atoms with Crippen LogP contribution in [-0.2, 0) is 17.8 Å². The Morgan fingerprint density at radius 2 is 1.85 bits per heavy atom.